The Morgan fingerprint density at radius 3 is 2.00 bits per heavy atom. The second-order valence-electron chi connectivity index (χ2n) is 5.18. The van der Waals surface area contributed by atoms with Gasteiger partial charge in [0.25, 0.3) is 0 Å². The van der Waals surface area contributed by atoms with E-state index in [2.05, 4.69) is 16.9 Å². The maximum atomic E-state index is 4.71. The minimum absolute atomic E-state index is 0.910. The van der Waals surface area contributed by atoms with Crippen LogP contribution in [0.25, 0.3) is 31.1 Å². The molecular weight excluding hydrogens is 324 g/mol. The van der Waals surface area contributed by atoms with Crippen molar-refractivity contribution in [1.29, 1.82) is 0 Å². The first kappa shape index (κ1) is 14.4. The van der Waals surface area contributed by atoms with E-state index in [1.165, 1.54) is 0 Å². The molecule has 0 fully saturated rings. The molecule has 114 valence electrons. The van der Waals surface area contributed by atoms with E-state index in [4.69, 9.17) is 9.97 Å². The second kappa shape index (κ2) is 5.79. The number of fused-ring (bicyclic) bond motifs is 1. The summed E-state index contributed by atoms with van der Waals surface area (Å²) in [5.41, 5.74) is 3.91. The van der Waals surface area contributed by atoms with E-state index in [1.54, 1.807) is 22.7 Å². The van der Waals surface area contributed by atoms with E-state index in [-0.39, 0.29) is 0 Å². The highest BCUT2D eigenvalue weighted by Crippen LogP contribution is 2.35. The summed E-state index contributed by atoms with van der Waals surface area (Å²) < 4.78 is 0. The summed E-state index contributed by atoms with van der Waals surface area (Å²) in [5.74, 6) is 0. The van der Waals surface area contributed by atoms with Crippen LogP contribution >= 0.6 is 22.7 Å². The Morgan fingerprint density at radius 1 is 0.783 bits per heavy atom. The standard InChI is InChI=1S/C17H14N4S2/c1-3-11-7-5-9-13(19-11)15-21-17-16(23-15)20-14(22-17)12-8-4-6-10(2)18-12/h4-9H,3H2,1-2H3. The molecule has 0 saturated carbocycles. The first-order valence-corrected chi connectivity index (χ1v) is 9.04. The number of rotatable bonds is 3. The molecule has 0 unspecified atom stereocenters. The monoisotopic (exact) mass is 338 g/mol. The van der Waals surface area contributed by atoms with Gasteiger partial charge < -0.3 is 0 Å². The van der Waals surface area contributed by atoms with E-state index in [0.29, 0.717) is 0 Å². The molecule has 6 heteroatoms. The fraction of sp³-hybridized carbons (Fsp3) is 0.176. The quantitative estimate of drug-likeness (QED) is 0.541. The summed E-state index contributed by atoms with van der Waals surface area (Å²) in [6, 6.07) is 12.1. The van der Waals surface area contributed by atoms with E-state index in [9.17, 15) is 0 Å². The predicted molar refractivity (Wildman–Crippen MR) is 95.9 cm³/mol. The molecule has 4 aromatic rings. The molecule has 0 aromatic carbocycles. The maximum Gasteiger partial charge on any atom is 0.156 e. The summed E-state index contributed by atoms with van der Waals surface area (Å²) in [4.78, 5) is 20.5. The summed E-state index contributed by atoms with van der Waals surface area (Å²) in [7, 11) is 0. The van der Waals surface area contributed by atoms with Crippen molar-refractivity contribution in [2.45, 2.75) is 20.3 Å². The zero-order valence-electron chi connectivity index (χ0n) is 12.8. The van der Waals surface area contributed by atoms with Gasteiger partial charge in [0.05, 0.1) is 11.4 Å². The Labute approximate surface area is 141 Å². The van der Waals surface area contributed by atoms with Crippen LogP contribution in [0, 0.1) is 6.92 Å². The third-order valence-corrected chi connectivity index (χ3v) is 5.54. The Kier molecular flexibility index (Phi) is 3.63. The molecule has 0 amide bonds. The molecule has 0 aliphatic carbocycles. The minimum Gasteiger partial charge on any atom is -0.251 e. The van der Waals surface area contributed by atoms with Crippen LogP contribution < -0.4 is 0 Å². The molecule has 4 nitrogen and oxygen atoms in total. The average molecular weight is 338 g/mol. The fourth-order valence-electron chi connectivity index (χ4n) is 2.32. The second-order valence-corrected chi connectivity index (χ2v) is 7.14. The number of hydrogen-bond donors (Lipinski definition) is 0. The first-order valence-electron chi connectivity index (χ1n) is 7.40. The van der Waals surface area contributed by atoms with E-state index >= 15 is 0 Å². The van der Waals surface area contributed by atoms with Crippen LogP contribution in [0.15, 0.2) is 36.4 Å². The zero-order chi connectivity index (χ0) is 15.8. The molecule has 0 bridgehead atoms. The normalized spacial score (nSPS) is 11.2. The number of pyridine rings is 2. The van der Waals surface area contributed by atoms with Gasteiger partial charge in [-0.1, -0.05) is 41.7 Å². The van der Waals surface area contributed by atoms with Gasteiger partial charge in [-0.3, -0.25) is 9.97 Å². The largest absolute Gasteiger partial charge is 0.251 e. The third kappa shape index (κ3) is 2.75. The van der Waals surface area contributed by atoms with Crippen LogP contribution in [0.1, 0.15) is 18.3 Å². The van der Waals surface area contributed by atoms with Gasteiger partial charge in [-0.15, -0.1) is 0 Å². The fourth-order valence-corrected chi connectivity index (χ4v) is 4.30. The molecule has 0 aliphatic heterocycles. The number of hydrogen-bond acceptors (Lipinski definition) is 6. The molecule has 0 atom stereocenters. The lowest BCUT2D eigenvalue weighted by Gasteiger charge is -1.98. The molecule has 0 aliphatic rings. The van der Waals surface area contributed by atoms with Gasteiger partial charge in [-0.25, -0.2) is 9.97 Å². The highest BCUT2D eigenvalue weighted by molar-refractivity contribution is 7.29. The molecule has 0 N–H and O–H groups in total. The van der Waals surface area contributed by atoms with Crippen molar-refractivity contribution in [2.24, 2.45) is 0 Å². The van der Waals surface area contributed by atoms with Crippen molar-refractivity contribution in [1.82, 2.24) is 19.9 Å². The number of nitrogens with zero attached hydrogens (tertiary/aromatic N) is 4. The lowest BCUT2D eigenvalue weighted by atomic mass is 10.2. The van der Waals surface area contributed by atoms with Crippen molar-refractivity contribution in [3.8, 4) is 21.4 Å². The Balaban J connectivity index is 1.74. The average Bonchev–Trinajstić information content (AvgIpc) is 3.14. The van der Waals surface area contributed by atoms with Gasteiger partial charge in [0.15, 0.2) is 9.66 Å². The lowest BCUT2D eigenvalue weighted by molar-refractivity contribution is 1.04. The third-order valence-electron chi connectivity index (χ3n) is 3.47. The number of aromatic nitrogens is 4. The zero-order valence-corrected chi connectivity index (χ0v) is 14.4. The van der Waals surface area contributed by atoms with Crippen molar-refractivity contribution in [2.75, 3.05) is 0 Å². The molecule has 4 heterocycles. The smallest absolute Gasteiger partial charge is 0.156 e. The SMILES string of the molecule is CCc1cccc(-c2nc3sc(-c4cccc(C)n4)nc3s2)n1. The van der Waals surface area contributed by atoms with Crippen LogP contribution in [0.3, 0.4) is 0 Å². The summed E-state index contributed by atoms with van der Waals surface area (Å²) in [6.07, 6.45) is 0.926. The molecule has 0 spiro atoms. The summed E-state index contributed by atoms with van der Waals surface area (Å²) in [6.45, 7) is 4.09. The Bertz CT molecular complexity index is 956. The van der Waals surface area contributed by atoms with Gasteiger partial charge in [0, 0.05) is 11.4 Å². The van der Waals surface area contributed by atoms with Gasteiger partial charge in [0.1, 0.15) is 10.0 Å². The molecule has 0 saturated heterocycles. The van der Waals surface area contributed by atoms with E-state index in [1.807, 2.05) is 43.3 Å². The summed E-state index contributed by atoms with van der Waals surface area (Å²) in [5, 5.41) is 1.85. The lowest BCUT2D eigenvalue weighted by Crippen LogP contribution is -1.88. The predicted octanol–water partition coefficient (Wildman–Crippen LogP) is 4.75. The van der Waals surface area contributed by atoms with Crippen LogP contribution in [-0.2, 0) is 6.42 Å². The van der Waals surface area contributed by atoms with E-state index < -0.39 is 0 Å². The first-order chi connectivity index (χ1) is 11.2. The van der Waals surface area contributed by atoms with Gasteiger partial charge in [-0.05, 0) is 37.6 Å². The highest BCUT2D eigenvalue weighted by atomic mass is 32.1. The highest BCUT2D eigenvalue weighted by Gasteiger charge is 2.14. The van der Waals surface area contributed by atoms with Gasteiger partial charge in [0.2, 0.25) is 0 Å². The maximum absolute atomic E-state index is 4.71. The molecule has 4 rings (SSSR count). The van der Waals surface area contributed by atoms with Crippen LogP contribution in [0.2, 0.25) is 0 Å². The van der Waals surface area contributed by atoms with Crippen molar-refractivity contribution >= 4 is 32.3 Å². The van der Waals surface area contributed by atoms with Crippen LogP contribution in [-0.4, -0.2) is 19.9 Å². The van der Waals surface area contributed by atoms with Crippen molar-refractivity contribution in [3.63, 3.8) is 0 Å². The van der Waals surface area contributed by atoms with Crippen molar-refractivity contribution in [3.05, 3.63) is 47.8 Å². The Morgan fingerprint density at radius 2 is 1.39 bits per heavy atom. The number of thiazole rings is 2. The van der Waals surface area contributed by atoms with Gasteiger partial charge in [-0.2, -0.15) is 0 Å². The van der Waals surface area contributed by atoms with E-state index in [0.717, 1.165) is 48.9 Å². The topological polar surface area (TPSA) is 51.6 Å². The van der Waals surface area contributed by atoms with Crippen LogP contribution in [0.5, 0.6) is 0 Å². The number of aryl methyl sites for hydroxylation is 2. The molecule has 4 aromatic heterocycles. The molecule has 23 heavy (non-hydrogen) atoms. The van der Waals surface area contributed by atoms with Gasteiger partial charge >= 0.3 is 0 Å². The minimum atomic E-state index is 0.910. The van der Waals surface area contributed by atoms with Crippen molar-refractivity contribution < 1.29 is 0 Å². The molecule has 0 radical (unpaired) electrons. The Hall–Kier alpha value is -2.18. The summed E-state index contributed by atoms with van der Waals surface area (Å²) >= 11 is 3.17. The molecular formula is C17H14N4S2. The van der Waals surface area contributed by atoms with Crippen LogP contribution in [0.4, 0.5) is 0 Å².